The number of rotatable bonds is 7. The number of ether oxygens (including phenoxy) is 1. The van der Waals surface area contributed by atoms with Gasteiger partial charge in [0.2, 0.25) is 15.9 Å². The topological polar surface area (TPSA) is 84.5 Å². The molecule has 0 aromatic heterocycles. The monoisotopic (exact) mass is 426 g/mol. The summed E-state index contributed by atoms with van der Waals surface area (Å²) in [6.45, 7) is 1.63. The van der Waals surface area contributed by atoms with Crippen molar-refractivity contribution in [2.75, 3.05) is 19.0 Å². The van der Waals surface area contributed by atoms with Crippen molar-refractivity contribution in [1.82, 2.24) is 4.72 Å². The third-order valence-electron chi connectivity index (χ3n) is 3.41. The lowest BCUT2D eigenvalue weighted by Gasteiger charge is -2.11. The molecule has 0 radical (unpaired) electrons. The minimum Gasteiger partial charge on any atom is -0.496 e. The van der Waals surface area contributed by atoms with E-state index < -0.39 is 10.0 Å². The number of halogens is 1. The molecule has 0 saturated heterocycles. The van der Waals surface area contributed by atoms with E-state index >= 15 is 0 Å². The van der Waals surface area contributed by atoms with Crippen LogP contribution in [0.15, 0.2) is 51.8 Å². The number of methoxy groups -OCH3 is 1. The van der Waals surface area contributed by atoms with E-state index in [1.54, 1.807) is 19.2 Å². The maximum absolute atomic E-state index is 12.3. The van der Waals surface area contributed by atoms with Crippen LogP contribution in [0.5, 0.6) is 5.75 Å². The highest BCUT2D eigenvalue weighted by Gasteiger charge is 2.14. The molecule has 0 atom stereocenters. The SMILES string of the molecule is COc1ccc(Br)cc1CCNS(=O)(=O)c1ccc(NC(C)=O)cc1. The number of benzene rings is 2. The Morgan fingerprint density at radius 1 is 1.16 bits per heavy atom. The molecule has 2 aromatic rings. The third-order valence-corrected chi connectivity index (χ3v) is 5.38. The number of hydrogen-bond acceptors (Lipinski definition) is 4. The zero-order chi connectivity index (χ0) is 18.4. The summed E-state index contributed by atoms with van der Waals surface area (Å²) in [6.07, 6.45) is 0.492. The predicted octanol–water partition coefficient (Wildman–Crippen LogP) is 2.94. The van der Waals surface area contributed by atoms with Gasteiger partial charge in [0.05, 0.1) is 12.0 Å². The van der Waals surface area contributed by atoms with Crippen LogP contribution in [-0.2, 0) is 21.2 Å². The van der Waals surface area contributed by atoms with E-state index in [4.69, 9.17) is 4.74 Å². The molecule has 25 heavy (non-hydrogen) atoms. The smallest absolute Gasteiger partial charge is 0.240 e. The van der Waals surface area contributed by atoms with Gasteiger partial charge in [-0.2, -0.15) is 0 Å². The van der Waals surface area contributed by atoms with Gasteiger partial charge in [-0.05, 0) is 54.4 Å². The van der Waals surface area contributed by atoms with Gasteiger partial charge in [-0.1, -0.05) is 15.9 Å². The molecule has 8 heteroatoms. The Hall–Kier alpha value is -1.90. The van der Waals surface area contributed by atoms with Gasteiger partial charge < -0.3 is 10.1 Å². The molecule has 6 nitrogen and oxygen atoms in total. The molecule has 0 unspecified atom stereocenters. The lowest BCUT2D eigenvalue weighted by Crippen LogP contribution is -2.26. The molecule has 0 aliphatic carbocycles. The van der Waals surface area contributed by atoms with E-state index in [1.807, 2.05) is 18.2 Å². The highest BCUT2D eigenvalue weighted by Crippen LogP contribution is 2.23. The molecule has 2 aromatic carbocycles. The summed E-state index contributed by atoms with van der Waals surface area (Å²) in [5.41, 5.74) is 1.45. The quantitative estimate of drug-likeness (QED) is 0.712. The van der Waals surface area contributed by atoms with Gasteiger partial charge in [-0.25, -0.2) is 13.1 Å². The minimum atomic E-state index is -3.62. The van der Waals surface area contributed by atoms with Gasteiger partial charge in [-0.15, -0.1) is 0 Å². The Morgan fingerprint density at radius 3 is 2.44 bits per heavy atom. The van der Waals surface area contributed by atoms with Crippen LogP contribution in [0.3, 0.4) is 0 Å². The first kappa shape index (κ1) is 19.4. The Labute approximate surface area is 155 Å². The molecule has 0 spiro atoms. The van der Waals surface area contributed by atoms with E-state index in [0.29, 0.717) is 17.9 Å². The highest BCUT2D eigenvalue weighted by molar-refractivity contribution is 9.10. The van der Waals surface area contributed by atoms with Crippen LogP contribution in [0.2, 0.25) is 0 Å². The van der Waals surface area contributed by atoms with E-state index in [9.17, 15) is 13.2 Å². The average Bonchev–Trinajstić information content (AvgIpc) is 2.55. The van der Waals surface area contributed by atoms with Crippen LogP contribution in [-0.4, -0.2) is 28.0 Å². The molecular formula is C17H19BrN2O4S. The summed E-state index contributed by atoms with van der Waals surface area (Å²) in [7, 11) is -2.04. The maximum Gasteiger partial charge on any atom is 0.240 e. The summed E-state index contributed by atoms with van der Waals surface area (Å²) >= 11 is 3.39. The van der Waals surface area contributed by atoms with Gasteiger partial charge in [0.15, 0.2) is 0 Å². The Morgan fingerprint density at radius 2 is 1.84 bits per heavy atom. The minimum absolute atomic E-state index is 0.141. The first-order chi connectivity index (χ1) is 11.8. The van der Waals surface area contributed by atoms with Crippen molar-refractivity contribution < 1.29 is 17.9 Å². The van der Waals surface area contributed by atoms with E-state index in [1.165, 1.54) is 19.1 Å². The van der Waals surface area contributed by atoms with E-state index in [2.05, 4.69) is 26.0 Å². The van der Waals surface area contributed by atoms with Gasteiger partial charge >= 0.3 is 0 Å². The number of carbonyl (C=O) groups is 1. The number of sulfonamides is 1. The summed E-state index contributed by atoms with van der Waals surface area (Å²) in [6, 6.07) is 11.6. The molecule has 0 fully saturated rings. The first-order valence-corrected chi connectivity index (χ1v) is 9.79. The van der Waals surface area contributed by atoms with Crippen molar-refractivity contribution in [2.45, 2.75) is 18.2 Å². The molecule has 0 heterocycles. The summed E-state index contributed by atoms with van der Waals surface area (Å²) in [5, 5.41) is 2.59. The molecule has 2 rings (SSSR count). The van der Waals surface area contributed by atoms with Crippen molar-refractivity contribution in [2.24, 2.45) is 0 Å². The van der Waals surface area contributed by atoms with Crippen LogP contribution < -0.4 is 14.8 Å². The second-order valence-corrected chi connectivity index (χ2v) is 7.99. The summed E-state index contributed by atoms with van der Waals surface area (Å²) < 4.78 is 33.4. The third kappa shape index (κ3) is 5.55. The maximum atomic E-state index is 12.3. The number of amides is 1. The lowest BCUT2D eigenvalue weighted by atomic mass is 10.1. The second kappa shape index (κ2) is 8.46. The average molecular weight is 427 g/mol. The van der Waals surface area contributed by atoms with Crippen molar-refractivity contribution in [3.8, 4) is 5.75 Å². The highest BCUT2D eigenvalue weighted by atomic mass is 79.9. The van der Waals surface area contributed by atoms with Crippen LogP contribution >= 0.6 is 15.9 Å². The molecule has 0 bridgehead atoms. The molecule has 0 saturated carbocycles. The number of carbonyl (C=O) groups excluding carboxylic acids is 1. The largest absolute Gasteiger partial charge is 0.496 e. The predicted molar refractivity (Wildman–Crippen MR) is 100 cm³/mol. The summed E-state index contributed by atoms with van der Waals surface area (Å²) in [4.78, 5) is 11.1. The Bertz CT molecular complexity index is 851. The van der Waals surface area contributed by atoms with Crippen molar-refractivity contribution in [3.63, 3.8) is 0 Å². The van der Waals surface area contributed by atoms with Crippen LogP contribution in [0.4, 0.5) is 5.69 Å². The van der Waals surface area contributed by atoms with Gasteiger partial charge in [0.25, 0.3) is 0 Å². The number of hydrogen-bond donors (Lipinski definition) is 2. The molecular weight excluding hydrogens is 408 g/mol. The van der Waals surface area contributed by atoms with Crippen LogP contribution in [0.25, 0.3) is 0 Å². The lowest BCUT2D eigenvalue weighted by molar-refractivity contribution is -0.114. The van der Waals surface area contributed by atoms with Gasteiger partial charge in [0, 0.05) is 23.6 Å². The molecule has 0 aliphatic rings. The molecule has 2 N–H and O–H groups in total. The fourth-order valence-corrected chi connectivity index (χ4v) is 3.71. The fourth-order valence-electron chi connectivity index (χ4n) is 2.27. The van der Waals surface area contributed by atoms with Crippen LogP contribution in [0, 0.1) is 0 Å². The van der Waals surface area contributed by atoms with Gasteiger partial charge in [-0.3, -0.25) is 4.79 Å². The fraction of sp³-hybridized carbons (Fsp3) is 0.235. The normalized spacial score (nSPS) is 11.2. The van der Waals surface area contributed by atoms with Gasteiger partial charge in [0.1, 0.15) is 5.75 Å². The van der Waals surface area contributed by atoms with E-state index in [0.717, 1.165) is 10.0 Å². The number of anilines is 1. The zero-order valence-electron chi connectivity index (χ0n) is 13.9. The van der Waals surface area contributed by atoms with Crippen molar-refractivity contribution in [3.05, 3.63) is 52.5 Å². The zero-order valence-corrected chi connectivity index (χ0v) is 16.3. The van der Waals surface area contributed by atoms with Crippen LogP contribution in [0.1, 0.15) is 12.5 Å². The molecule has 134 valence electrons. The molecule has 0 aliphatic heterocycles. The Balaban J connectivity index is 2.02. The Kier molecular flexibility index (Phi) is 6.57. The second-order valence-electron chi connectivity index (χ2n) is 5.31. The number of nitrogens with one attached hydrogen (secondary N) is 2. The van der Waals surface area contributed by atoms with Crippen molar-refractivity contribution in [1.29, 1.82) is 0 Å². The van der Waals surface area contributed by atoms with E-state index in [-0.39, 0.29) is 17.3 Å². The standard InChI is InChI=1S/C17H19BrN2O4S/c1-12(21)20-15-4-6-16(7-5-15)25(22,23)19-10-9-13-11-14(18)3-8-17(13)24-2/h3-8,11,19H,9-10H2,1-2H3,(H,20,21). The molecule has 1 amide bonds. The summed E-state index contributed by atoms with van der Waals surface area (Å²) in [5.74, 6) is 0.499. The van der Waals surface area contributed by atoms with Crippen molar-refractivity contribution >= 4 is 37.5 Å². The first-order valence-electron chi connectivity index (χ1n) is 7.51.